The first-order valence-electron chi connectivity index (χ1n) is 9.39. The molecule has 1 fully saturated rings. The Morgan fingerprint density at radius 2 is 2.04 bits per heavy atom. The van der Waals surface area contributed by atoms with Gasteiger partial charge in [-0.3, -0.25) is 0 Å². The number of aliphatic hydroxyl groups is 1. The van der Waals surface area contributed by atoms with Crippen LogP contribution in [0.15, 0.2) is 18.2 Å². The molecule has 1 aromatic carbocycles. The molecule has 148 valence electrons. The van der Waals surface area contributed by atoms with Gasteiger partial charge in [0.1, 0.15) is 5.60 Å². The molecule has 0 spiro atoms. The average Bonchev–Trinajstić information content (AvgIpc) is 3.10. The van der Waals surface area contributed by atoms with Gasteiger partial charge < -0.3 is 25.0 Å². The second-order valence-corrected chi connectivity index (χ2v) is 9.03. The number of carbonyl (C=O) groups is 1. The zero-order valence-electron chi connectivity index (χ0n) is 16.8. The van der Waals surface area contributed by atoms with E-state index in [4.69, 9.17) is 10.5 Å². The lowest BCUT2D eigenvalue weighted by Gasteiger charge is -2.24. The number of hydrogen-bond donors (Lipinski definition) is 2. The van der Waals surface area contributed by atoms with Crippen LogP contribution in [-0.2, 0) is 11.3 Å². The van der Waals surface area contributed by atoms with Crippen LogP contribution in [0.4, 0.5) is 10.7 Å². The van der Waals surface area contributed by atoms with E-state index in [2.05, 4.69) is 11.1 Å². The van der Waals surface area contributed by atoms with Gasteiger partial charge in [-0.05, 0) is 58.7 Å². The van der Waals surface area contributed by atoms with Crippen LogP contribution < -0.4 is 5.73 Å². The number of ether oxygens (including phenoxy) is 1. The summed E-state index contributed by atoms with van der Waals surface area (Å²) >= 11 is 0. The summed E-state index contributed by atoms with van der Waals surface area (Å²) in [5, 5.41) is 10.1. The van der Waals surface area contributed by atoms with Gasteiger partial charge in [-0.25, -0.2) is 9.78 Å². The van der Waals surface area contributed by atoms with E-state index in [0.717, 1.165) is 23.0 Å². The number of nitrogen functional groups attached to an aromatic ring is 1. The van der Waals surface area contributed by atoms with E-state index in [1.807, 2.05) is 37.5 Å². The molecule has 1 atom stereocenters. The summed E-state index contributed by atoms with van der Waals surface area (Å²) in [5.74, 6) is 0.647. The number of anilines is 1. The van der Waals surface area contributed by atoms with Crippen LogP contribution in [0, 0.1) is 0 Å². The Labute approximate surface area is 160 Å². The third-order valence-electron chi connectivity index (χ3n) is 4.66. The summed E-state index contributed by atoms with van der Waals surface area (Å²) in [5.41, 5.74) is 7.55. The van der Waals surface area contributed by atoms with Gasteiger partial charge in [-0.1, -0.05) is 6.07 Å². The smallest absolute Gasteiger partial charge is 0.410 e. The second kappa shape index (κ2) is 6.71. The van der Waals surface area contributed by atoms with Crippen molar-refractivity contribution in [3.63, 3.8) is 0 Å². The summed E-state index contributed by atoms with van der Waals surface area (Å²) in [6, 6.07) is 6.10. The molecule has 7 nitrogen and oxygen atoms in total. The first-order chi connectivity index (χ1) is 12.4. The largest absolute Gasteiger partial charge is 0.444 e. The molecule has 3 rings (SSSR count). The van der Waals surface area contributed by atoms with E-state index in [9.17, 15) is 9.90 Å². The maximum Gasteiger partial charge on any atom is 0.410 e. The minimum Gasteiger partial charge on any atom is -0.444 e. The Hall–Kier alpha value is -2.28. The number of amides is 1. The molecule has 1 aliphatic rings. The van der Waals surface area contributed by atoms with E-state index in [1.165, 1.54) is 0 Å². The van der Waals surface area contributed by atoms with Gasteiger partial charge in [0.2, 0.25) is 5.95 Å². The maximum absolute atomic E-state index is 12.3. The fourth-order valence-electron chi connectivity index (χ4n) is 3.50. The summed E-state index contributed by atoms with van der Waals surface area (Å²) < 4.78 is 7.31. The number of aromatic nitrogens is 2. The van der Waals surface area contributed by atoms with Gasteiger partial charge in [0, 0.05) is 19.0 Å². The molecule has 1 aromatic heterocycles. The van der Waals surface area contributed by atoms with E-state index in [0.29, 0.717) is 25.6 Å². The summed E-state index contributed by atoms with van der Waals surface area (Å²) in [6.07, 6.45) is 0.634. The van der Waals surface area contributed by atoms with Gasteiger partial charge in [0.05, 0.1) is 23.2 Å². The molecule has 0 saturated carbocycles. The highest BCUT2D eigenvalue weighted by Gasteiger charge is 2.31. The molecular weight excluding hydrogens is 344 g/mol. The minimum absolute atomic E-state index is 0.252. The number of likely N-dealkylation sites (tertiary alicyclic amines) is 1. The number of nitrogens with two attached hydrogens (primary N) is 1. The summed E-state index contributed by atoms with van der Waals surface area (Å²) in [7, 11) is 0. The van der Waals surface area contributed by atoms with Crippen LogP contribution in [0.5, 0.6) is 0 Å². The summed E-state index contributed by atoms with van der Waals surface area (Å²) in [6.45, 7) is 10.8. The first kappa shape index (κ1) is 19.5. The van der Waals surface area contributed by atoms with Crippen molar-refractivity contribution in [2.75, 3.05) is 18.8 Å². The monoisotopic (exact) mass is 374 g/mol. The summed E-state index contributed by atoms with van der Waals surface area (Å²) in [4.78, 5) is 18.5. The lowest BCUT2D eigenvalue weighted by molar-refractivity contribution is 0.0292. The molecule has 0 aliphatic carbocycles. The Kier molecular flexibility index (Phi) is 4.84. The first-order valence-corrected chi connectivity index (χ1v) is 9.39. The number of nitrogens with zero attached hydrogens (tertiary/aromatic N) is 3. The van der Waals surface area contributed by atoms with Crippen molar-refractivity contribution < 1.29 is 14.6 Å². The van der Waals surface area contributed by atoms with E-state index >= 15 is 0 Å². The van der Waals surface area contributed by atoms with Crippen LogP contribution >= 0.6 is 0 Å². The van der Waals surface area contributed by atoms with Crippen LogP contribution in [0.2, 0.25) is 0 Å². The molecule has 1 amide bonds. The topological polar surface area (TPSA) is 93.6 Å². The van der Waals surface area contributed by atoms with Crippen LogP contribution in [-0.4, -0.2) is 49.9 Å². The molecule has 1 aliphatic heterocycles. The van der Waals surface area contributed by atoms with E-state index in [-0.39, 0.29) is 12.0 Å². The van der Waals surface area contributed by atoms with Crippen molar-refractivity contribution in [1.29, 1.82) is 0 Å². The van der Waals surface area contributed by atoms with Gasteiger partial charge >= 0.3 is 6.09 Å². The fraction of sp³-hybridized carbons (Fsp3) is 0.600. The molecule has 0 bridgehead atoms. The van der Waals surface area contributed by atoms with Gasteiger partial charge in [0.15, 0.2) is 0 Å². The highest BCUT2D eigenvalue weighted by atomic mass is 16.6. The number of imidazole rings is 1. The zero-order valence-corrected chi connectivity index (χ0v) is 16.8. The Morgan fingerprint density at radius 3 is 2.67 bits per heavy atom. The maximum atomic E-state index is 12.3. The van der Waals surface area contributed by atoms with Crippen molar-refractivity contribution in [2.45, 2.75) is 64.7 Å². The van der Waals surface area contributed by atoms with Crippen molar-refractivity contribution in [2.24, 2.45) is 0 Å². The predicted octanol–water partition coefficient (Wildman–Crippen LogP) is 3.11. The number of hydrogen-bond acceptors (Lipinski definition) is 5. The van der Waals surface area contributed by atoms with Gasteiger partial charge in [-0.2, -0.15) is 0 Å². The lowest BCUT2D eigenvalue weighted by atomic mass is 9.98. The molecule has 27 heavy (non-hydrogen) atoms. The third kappa shape index (κ3) is 4.53. The molecule has 0 radical (unpaired) electrons. The van der Waals surface area contributed by atoms with E-state index < -0.39 is 11.2 Å². The van der Waals surface area contributed by atoms with E-state index in [1.54, 1.807) is 18.7 Å². The highest BCUT2D eigenvalue weighted by Crippen LogP contribution is 2.31. The normalized spacial score (nSPS) is 18.3. The van der Waals surface area contributed by atoms with Crippen molar-refractivity contribution in [1.82, 2.24) is 14.5 Å². The minimum atomic E-state index is -0.875. The molecule has 1 saturated heterocycles. The van der Waals surface area contributed by atoms with Crippen LogP contribution in [0.1, 0.15) is 52.5 Å². The molecule has 2 heterocycles. The van der Waals surface area contributed by atoms with Crippen molar-refractivity contribution in [3.8, 4) is 0 Å². The van der Waals surface area contributed by atoms with Crippen LogP contribution in [0.25, 0.3) is 11.0 Å². The molecule has 1 unspecified atom stereocenters. The number of fused-ring (bicyclic) bond motifs is 1. The third-order valence-corrected chi connectivity index (χ3v) is 4.66. The SMILES string of the molecule is CC(C)(O)Cn1c(N)nc2cc(C3CCN(C(=O)OC(C)(C)C)C3)ccc21. The molecule has 2 aromatic rings. The number of rotatable bonds is 3. The number of carbonyl (C=O) groups excluding carboxylic acids is 1. The Balaban J connectivity index is 1.78. The fourth-order valence-corrected chi connectivity index (χ4v) is 3.50. The standard InChI is InChI=1S/C20H30N4O3/c1-19(2,3)27-18(25)23-9-8-14(11-23)13-6-7-16-15(10-13)22-17(21)24(16)12-20(4,5)26/h6-7,10,14,26H,8-9,11-12H2,1-5H3,(H2,21,22). The highest BCUT2D eigenvalue weighted by molar-refractivity contribution is 5.79. The predicted molar refractivity (Wildman–Crippen MR) is 106 cm³/mol. The quantitative estimate of drug-likeness (QED) is 0.861. The van der Waals surface area contributed by atoms with Gasteiger partial charge in [-0.15, -0.1) is 0 Å². The second-order valence-electron chi connectivity index (χ2n) is 9.03. The molecular formula is C20H30N4O3. The van der Waals surface area contributed by atoms with Crippen molar-refractivity contribution >= 4 is 23.1 Å². The van der Waals surface area contributed by atoms with Crippen molar-refractivity contribution in [3.05, 3.63) is 23.8 Å². The Morgan fingerprint density at radius 1 is 1.33 bits per heavy atom. The van der Waals surface area contributed by atoms with Crippen LogP contribution in [0.3, 0.4) is 0 Å². The number of benzene rings is 1. The average molecular weight is 374 g/mol. The molecule has 3 N–H and O–H groups in total. The Bertz CT molecular complexity index is 845. The molecule has 7 heteroatoms. The van der Waals surface area contributed by atoms with Gasteiger partial charge in [0.25, 0.3) is 0 Å². The zero-order chi connectivity index (χ0) is 20.0. The lowest BCUT2D eigenvalue weighted by Crippen LogP contribution is -2.35.